The van der Waals surface area contributed by atoms with Crippen LogP contribution in [0.4, 0.5) is 11.4 Å². The van der Waals surface area contributed by atoms with E-state index in [9.17, 15) is 9.59 Å². The van der Waals surface area contributed by atoms with Gasteiger partial charge in [0.1, 0.15) is 5.75 Å². The number of nitrogens with one attached hydrogen (secondary N) is 2. The number of carbonyl (C=O) groups excluding carboxylic acids is 2. The van der Waals surface area contributed by atoms with Crippen LogP contribution >= 0.6 is 0 Å². The van der Waals surface area contributed by atoms with Crippen LogP contribution in [0.3, 0.4) is 0 Å². The highest BCUT2D eigenvalue weighted by atomic mass is 16.5. The molecule has 8 heteroatoms. The molecule has 44 heavy (non-hydrogen) atoms. The predicted octanol–water partition coefficient (Wildman–Crippen LogP) is 6.25. The maximum atomic E-state index is 14.0. The van der Waals surface area contributed by atoms with Crippen LogP contribution in [0, 0.1) is 5.92 Å². The Kier molecular flexibility index (Phi) is 8.89. The Bertz CT molecular complexity index is 1620. The van der Waals surface area contributed by atoms with Gasteiger partial charge in [0.2, 0.25) is 5.91 Å². The van der Waals surface area contributed by atoms with E-state index >= 15 is 0 Å². The zero-order valence-corrected chi connectivity index (χ0v) is 26.0. The number of H-pyrrole nitrogens is 1. The Morgan fingerprint density at radius 3 is 2.59 bits per heavy atom. The van der Waals surface area contributed by atoms with Gasteiger partial charge in [-0.25, -0.2) is 0 Å². The molecule has 1 fully saturated rings. The number of nitrogens with zero attached hydrogens (tertiary/aromatic N) is 3. The topological polar surface area (TPSA) is 80.9 Å². The van der Waals surface area contributed by atoms with Crippen molar-refractivity contribution in [2.24, 2.45) is 5.92 Å². The van der Waals surface area contributed by atoms with Gasteiger partial charge >= 0.3 is 0 Å². The number of amides is 2. The third kappa shape index (κ3) is 6.45. The van der Waals surface area contributed by atoms with Gasteiger partial charge in [-0.3, -0.25) is 9.59 Å². The summed E-state index contributed by atoms with van der Waals surface area (Å²) in [7, 11) is 3.67. The number of para-hydroxylation sites is 2. The molecule has 0 unspecified atom stereocenters. The van der Waals surface area contributed by atoms with Crippen molar-refractivity contribution in [3.8, 4) is 16.9 Å². The molecule has 1 saturated heterocycles. The first-order valence-corrected chi connectivity index (χ1v) is 15.8. The minimum atomic E-state index is -0.0269. The predicted molar refractivity (Wildman–Crippen MR) is 178 cm³/mol. The molecular formula is C36H43N5O3. The average Bonchev–Trinajstić information content (AvgIpc) is 3.44. The molecule has 0 radical (unpaired) electrons. The van der Waals surface area contributed by atoms with Crippen LogP contribution in [0.1, 0.15) is 43.0 Å². The summed E-state index contributed by atoms with van der Waals surface area (Å²) in [6.07, 6.45) is 5.48. The van der Waals surface area contributed by atoms with Gasteiger partial charge in [0, 0.05) is 62.0 Å². The Morgan fingerprint density at radius 1 is 0.955 bits per heavy atom. The highest BCUT2D eigenvalue weighted by molar-refractivity contribution is 6.08. The van der Waals surface area contributed by atoms with E-state index in [4.69, 9.17) is 4.74 Å². The summed E-state index contributed by atoms with van der Waals surface area (Å²) in [4.78, 5) is 35.7. The van der Waals surface area contributed by atoms with Gasteiger partial charge in [0.05, 0.1) is 18.0 Å². The van der Waals surface area contributed by atoms with Crippen molar-refractivity contribution in [1.29, 1.82) is 0 Å². The number of piperidine rings is 1. The largest absolute Gasteiger partial charge is 0.493 e. The summed E-state index contributed by atoms with van der Waals surface area (Å²) in [5.74, 6) is 1.06. The summed E-state index contributed by atoms with van der Waals surface area (Å²) >= 11 is 0. The molecule has 4 aromatic rings. The van der Waals surface area contributed by atoms with Crippen molar-refractivity contribution in [2.75, 3.05) is 57.1 Å². The van der Waals surface area contributed by atoms with Crippen LogP contribution in [0.25, 0.3) is 22.0 Å². The zero-order valence-electron chi connectivity index (χ0n) is 26.0. The normalized spacial score (nSPS) is 17.5. The standard InChI is InChI=1S/C36H43N5O3/c1-25-14-21-41(33-8-5-4-7-32(33)38-25)36(43)29-9-11-30(27-10-12-31-28(23-27)13-17-37-31)34(24-29)44-22-6-18-40-19-15-26(16-20-40)35(42)39(2)3/h4-5,7-13,17,23-26,37-38H,6,14-16,18-22H2,1-3H3/t25-/m0/s1. The molecule has 1 atom stereocenters. The van der Waals surface area contributed by atoms with Crippen LogP contribution in [0.5, 0.6) is 5.75 Å². The van der Waals surface area contributed by atoms with Crippen molar-refractivity contribution in [3.05, 3.63) is 78.5 Å². The maximum absolute atomic E-state index is 14.0. The third-order valence-corrected chi connectivity index (χ3v) is 8.97. The van der Waals surface area contributed by atoms with Crippen LogP contribution in [0.15, 0.2) is 72.9 Å². The SMILES string of the molecule is C[C@H]1CCN(C(=O)c2ccc(-c3ccc4[nH]ccc4c3)c(OCCCN3CCC(C(=O)N(C)C)CC3)c2)c2ccccc2N1. The van der Waals surface area contributed by atoms with E-state index in [0.29, 0.717) is 18.7 Å². The Labute approximate surface area is 260 Å². The number of hydrogen-bond donors (Lipinski definition) is 2. The van der Waals surface area contributed by atoms with Crippen LogP contribution < -0.4 is 15.0 Å². The van der Waals surface area contributed by atoms with Crippen molar-refractivity contribution in [2.45, 2.75) is 38.6 Å². The lowest BCUT2D eigenvalue weighted by atomic mass is 9.95. The Morgan fingerprint density at radius 2 is 1.77 bits per heavy atom. The summed E-state index contributed by atoms with van der Waals surface area (Å²) in [5.41, 5.74) is 5.61. The molecule has 0 spiro atoms. The molecule has 0 aliphatic carbocycles. The summed E-state index contributed by atoms with van der Waals surface area (Å²) in [6.45, 7) is 6.12. The molecule has 2 aliphatic heterocycles. The van der Waals surface area contributed by atoms with Crippen LogP contribution in [-0.4, -0.2) is 79.5 Å². The van der Waals surface area contributed by atoms with Gasteiger partial charge in [-0.15, -0.1) is 0 Å². The molecule has 2 aliphatic rings. The van der Waals surface area contributed by atoms with E-state index in [-0.39, 0.29) is 23.8 Å². The van der Waals surface area contributed by atoms with Crippen LogP contribution in [-0.2, 0) is 4.79 Å². The van der Waals surface area contributed by atoms with Crippen molar-refractivity contribution < 1.29 is 14.3 Å². The highest BCUT2D eigenvalue weighted by Gasteiger charge is 2.27. The first-order valence-electron chi connectivity index (χ1n) is 15.8. The number of carbonyl (C=O) groups is 2. The molecule has 2 N–H and O–H groups in total. The lowest BCUT2D eigenvalue weighted by Crippen LogP contribution is -2.40. The first-order chi connectivity index (χ1) is 21.4. The van der Waals surface area contributed by atoms with Gasteiger partial charge in [-0.2, -0.15) is 0 Å². The quantitative estimate of drug-likeness (QED) is 0.236. The molecular weight excluding hydrogens is 550 g/mol. The van der Waals surface area contributed by atoms with E-state index in [1.54, 1.807) is 4.90 Å². The van der Waals surface area contributed by atoms with Gasteiger partial charge in [0.25, 0.3) is 5.91 Å². The van der Waals surface area contributed by atoms with E-state index in [2.05, 4.69) is 46.4 Å². The van der Waals surface area contributed by atoms with Crippen LogP contribution in [0.2, 0.25) is 0 Å². The van der Waals surface area contributed by atoms with Gasteiger partial charge in [-0.05, 0) is 105 Å². The smallest absolute Gasteiger partial charge is 0.258 e. The average molecular weight is 594 g/mol. The maximum Gasteiger partial charge on any atom is 0.258 e. The molecule has 3 heterocycles. The second kappa shape index (κ2) is 13.1. The minimum Gasteiger partial charge on any atom is -0.493 e. The monoisotopic (exact) mass is 593 g/mol. The van der Waals surface area contributed by atoms with Gasteiger partial charge < -0.3 is 29.7 Å². The number of hydrogen-bond acceptors (Lipinski definition) is 5. The molecule has 230 valence electrons. The number of aromatic nitrogens is 1. The second-order valence-electron chi connectivity index (χ2n) is 12.3. The fraction of sp³-hybridized carbons (Fsp3) is 0.389. The van der Waals surface area contributed by atoms with Gasteiger partial charge in [-0.1, -0.05) is 18.2 Å². The van der Waals surface area contributed by atoms with Crippen molar-refractivity contribution in [1.82, 2.24) is 14.8 Å². The molecule has 0 bridgehead atoms. The van der Waals surface area contributed by atoms with E-state index < -0.39 is 0 Å². The van der Waals surface area contributed by atoms with Gasteiger partial charge in [0.15, 0.2) is 0 Å². The second-order valence-corrected chi connectivity index (χ2v) is 12.3. The molecule has 6 rings (SSSR count). The highest BCUT2D eigenvalue weighted by Crippen LogP contribution is 2.35. The van der Waals surface area contributed by atoms with E-state index in [1.165, 1.54) is 0 Å². The summed E-state index contributed by atoms with van der Waals surface area (Å²) in [5, 5.41) is 4.68. The molecule has 8 nitrogen and oxygen atoms in total. The number of benzene rings is 3. The fourth-order valence-corrected chi connectivity index (χ4v) is 6.45. The first kappa shape index (κ1) is 29.8. The molecule has 3 aromatic carbocycles. The summed E-state index contributed by atoms with van der Waals surface area (Å²) < 4.78 is 6.48. The summed E-state index contributed by atoms with van der Waals surface area (Å²) in [6, 6.07) is 22.6. The molecule has 1 aromatic heterocycles. The lowest BCUT2D eigenvalue weighted by Gasteiger charge is -2.32. The van der Waals surface area contributed by atoms with E-state index in [0.717, 1.165) is 84.5 Å². The number of aromatic amines is 1. The number of rotatable bonds is 8. The molecule has 2 amide bonds. The number of likely N-dealkylation sites (tertiary alicyclic amines) is 1. The van der Waals surface area contributed by atoms with Crippen molar-refractivity contribution in [3.63, 3.8) is 0 Å². The zero-order chi connectivity index (χ0) is 30.6. The minimum absolute atomic E-state index is 0.0269. The number of ether oxygens (including phenoxy) is 1. The van der Waals surface area contributed by atoms with E-state index in [1.807, 2.05) is 67.7 Å². The fourth-order valence-electron chi connectivity index (χ4n) is 6.45. The Balaban J connectivity index is 1.20. The van der Waals surface area contributed by atoms with Crippen molar-refractivity contribution >= 4 is 34.1 Å². The Hall–Kier alpha value is -4.30. The number of fused-ring (bicyclic) bond motifs is 2. The molecule has 0 saturated carbocycles. The lowest BCUT2D eigenvalue weighted by molar-refractivity contribution is -0.134. The third-order valence-electron chi connectivity index (χ3n) is 8.97. The number of anilines is 2.